The predicted molar refractivity (Wildman–Crippen MR) is 79.3 cm³/mol. The Bertz CT molecular complexity index is 503. The highest BCUT2D eigenvalue weighted by molar-refractivity contribution is 9.10. The van der Waals surface area contributed by atoms with E-state index in [2.05, 4.69) is 21.2 Å². The fraction of sp³-hybridized carbons (Fsp3) is 0.533. The van der Waals surface area contributed by atoms with E-state index in [1.165, 1.54) is 18.4 Å². The van der Waals surface area contributed by atoms with Crippen LogP contribution in [0.3, 0.4) is 0 Å². The van der Waals surface area contributed by atoms with Crippen molar-refractivity contribution in [3.05, 3.63) is 33.8 Å². The van der Waals surface area contributed by atoms with E-state index in [-0.39, 0.29) is 5.91 Å². The SMILES string of the molecule is Cc1ccc(C(=O)N2CCC3CCC(C2)N3)c(Br)c1. The second kappa shape index (κ2) is 5.25. The van der Waals surface area contributed by atoms with Gasteiger partial charge in [-0.15, -0.1) is 0 Å². The molecule has 2 aliphatic rings. The molecule has 2 fully saturated rings. The third kappa shape index (κ3) is 2.70. The lowest BCUT2D eigenvalue weighted by Gasteiger charge is -2.24. The van der Waals surface area contributed by atoms with Crippen LogP contribution in [-0.4, -0.2) is 36.0 Å². The molecule has 1 N–H and O–H groups in total. The van der Waals surface area contributed by atoms with Gasteiger partial charge in [0.25, 0.3) is 5.91 Å². The van der Waals surface area contributed by atoms with Crippen molar-refractivity contribution in [2.24, 2.45) is 0 Å². The Morgan fingerprint density at radius 3 is 2.89 bits per heavy atom. The van der Waals surface area contributed by atoms with Crippen molar-refractivity contribution in [2.45, 2.75) is 38.3 Å². The lowest BCUT2D eigenvalue weighted by atomic mass is 10.1. The number of fused-ring (bicyclic) bond motifs is 2. The summed E-state index contributed by atoms with van der Waals surface area (Å²) in [5.74, 6) is 0.154. The summed E-state index contributed by atoms with van der Waals surface area (Å²) in [5.41, 5.74) is 1.95. The molecule has 0 spiro atoms. The maximum absolute atomic E-state index is 12.6. The number of nitrogens with zero attached hydrogens (tertiary/aromatic N) is 1. The maximum atomic E-state index is 12.6. The number of halogens is 1. The van der Waals surface area contributed by atoms with Crippen LogP contribution in [0, 0.1) is 6.92 Å². The van der Waals surface area contributed by atoms with Gasteiger partial charge in [-0.2, -0.15) is 0 Å². The van der Waals surface area contributed by atoms with Gasteiger partial charge in [0.05, 0.1) is 5.56 Å². The molecule has 1 amide bonds. The summed E-state index contributed by atoms with van der Waals surface area (Å²) in [7, 11) is 0. The Labute approximate surface area is 122 Å². The molecule has 4 heteroatoms. The van der Waals surface area contributed by atoms with Crippen molar-refractivity contribution in [3.8, 4) is 0 Å². The lowest BCUT2D eigenvalue weighted by Crippen LogP contribution is -2.39. The first-order chi connectivity index (χ1) is 9.13. The van der Waals surface area contributed by atoms with Crippen LogP contribution in [0.1, 0.15) is 35.2 Å². The number of hydrogen-bond donors (Lipinski definition) is 1. The molecule has 102 valence electrons. The molecule has 0 aliphatic carbocycles. The molecule has 2 heterocycles. The van der Waals surface area contributed by atoms with Crippen LogP contribution in [0.25, 0.3) is 0 Å². The van der Waals surface area contributed by atoms with Crippen LogP contribution in [0.2, 0.25) is 0 Å². The van der Waals surface area contributed by atoms with Crippen molar-refractivity contribution in [1.29, 1.82) is 0 Å². The van der Waals surface area contributed by atoms with Gasteiger partial charge in [-0.3, -0.25) is 4.79 Å². The summed E-state index contributed by atoms with van der Waals surface area (Å²) in [6, 6.07) is 7.04. The van der Waals surface area contributed by atoms with E-state index in [1.54, 1.807) is 0 Å². The average Bonchev–Trinajstić information content (AvgIpc) is 2.68. The maximum Gasteiger partial charge on any atom is 0.255 e. The van der Waals surface area contributed by atoms with Gasteiger partial charge in [0.2, 0.25) is 0 Å². The summed E-state index contributed by atoms with van der Waals surface area (Å²) >= 11 is 3.51. The van der Waals surface area contributed by atoms with Crippen molar-refractivity contribution in [3.63, 3.8) is 0 Å². The molecule has 0 radical (unpaired) electrons. The normalized spacial score (nSPS) is 26.3. The Balaban J connectivity index is 1.79. The number of nitrogens with one attached hydrogen (secondary N) is 1. The third-order valence-corrected chi connectivity index (χ3v) is 4.82. The van der Waals surface area contributed by atoms with Crippen LogP contribution in [0.15, 0.2) is 22.7 Å². The zero-order chi connectivity index (χ0) is 13.4. The van der Waals surface area contributed by atoms with Gasteiger partial charge in [0, 0.05) is 29.6 Å². The molecule has 2 bridgehead atoms. The van der Waals surface area contributed by atoms with E-state index in [0.717, 1.165) is 29.5 Å². The van der Waals surface area contributed by atoms with Crippen molar-refractivity contribution >= 4 is 21.8 Å². The summed E-state index contributed by atoms with van der Waals surface area (Å²) in [4.78, 5) is 14.6. The molecule has 2 atom stereocenters. The van der Waals surface area contributed by atoms with E-state index in [0.29, 0.717) is 12.1 Å². The summed E-state index contributed by atoms with van der Waals surface area (Å²) in [6.07, 6.45) is 3.54. The van der Waals surface area contributed by atoms with E-state index >= 15 is 0 Å². The number of carbonyl (C=O) groups is 1. The molecule has 19 heavy (non-hydrogen) atoms. The Morgan fingerprint density at radius 2 is 2.11 bits per heavy atom. The summed E-state index contributed by atoms with van der Waals surface area (Å²) in [6.45, 7) is 3.75. The minimum Gasteiger partial charge on any atom is -0.337 e. The number of aryl methyl sites for hydroxylation is 1. The van der Waals surface area contributed by atoms with E-state index < -0.39 is 0 Å². The molecule has 2 saturated heterocycles. The van der Waals surface area contributed by atoms with Gasteiger partial charge in [-0.05, 0) is 59.8 Å². The predicted octanol–water partition coefficient (Wildman–Crippen LogP) is 2.72. The van der Waals surface area contributed by atoms with Gasteiger partial charge in [-0.1, -0.05) is 6.07 Å². The first-order valence-electron chi connectivity index (χ1n) is 6.95. The molecular formula is C15H19BrN2O. The highest BCUT2D eigenvalue weighted by atomic mass is 79.9. The topological polar surface area (TPSA) is 32.3 Å². The standard InChI is InChI=1S/C15H19BrN2O/c1-10-2-5-13(14(16)8-10)15(19)18-7-6-11-3-4-12(9-18)17-11/h2,5,8,11-12,17H,3-4,6-7,9H2,1H3. The Hall–Kier alpha value is -0.870. The van der Waals surface area contributed by atoms with Crippen molar-refractivity contribution < 1.29 is 4.79 Å². The average molecular weight is 323 g/mol. The van der Waals surface area contributed by atoms with Crippen LogP contribution in [-0.2, 0) is 0 Å². The minimum absolute atomic E-state index is 0.154. The fourth-order valence-electron chi connectivity index (χ4n) is 3.09. The Morgan fingerprint density at radius 1 is 1.32 bits per heavy atom. The van der Waals surface area contributed by atoms with Crippen LogP contribution in [0.4, 0.5) is 0 Å². The molecule has 1 aromatic rings. The van der Waals surface area contributed by atoms with Crippen LogP contribution >= 0.6 is 15.9 Å². The van der Waals surface area contributed by atoms with E-state index in [9.17, 15) is 4.79 Å². The van der Waals surface area contributed by atoms with Gasteiger partial charge in [-0.25, -0.2) is 0 Å². The number of carbonyl (C=O) groups excluding carboxylic acids is 1. The van der Waals surface area contributed by atoms with E-state index in [4.69, 9.17) is 0 Å². The van der Waals surface area contributed by atoms with Gasteiger partial charge >= 0.3 is 0 Å². The highest BCUT2D eigenvalue weighted by Crippen LogP contribution is 2.24. The molecule has 3 nitrogen and oxygen atoms in total. The first kappa shape index (κ1) is 13.1. The number of hydrogen-bond acceptors (Lipinski definition) is 2. The number of benzene rings is 1. The Kier molecular flexibility index (Phi) is 3.63. The first-order valence-corrected chi connectivity index (χ1v) is 7.74. The molecule has 2 unspecified atom stereocenters. The summed E-state index contributed by atoms with van der Waals surface area (Å²) in [5, 5.41) is 3.61. The van der Waals surface area contributed by atoms with Crippen molar-refractivity contribution in [1.82, 2.24) is 10.2 Å². The smallest absolute Gasteiger partial charge is 0.255 e. The number of amides is 1. The van der Waals surface area contributed by atoms with E-state index in [1.807, 2.05) is 30.0 Å². The molecule has 0 aromatic heterocycles. The third-order valence-electron chi connectivity index (χ3n) is 4.17. The van der Waals surface area contributed by atoms with Crippen LogP contribution in [0.5, 0.6) is 0 Å². The highest BCUT2D eigenvalue weighted by Gasteiger charge is 2.31. The molecule has 2 aliphatic heterocycles. The van der Waals surface area contributed by atoms with Gasteiger partial charge < -0.3 is 10.2 Å². The fourth-order valence-corrected chi connectivity index (χ4v) is 3.75. The molecule has 0 saturated carbocycles. The lowest BCUT2D eigenvalue weighted by molar-refractivity contribution is 0.0747. The largest absolute Gasteiger partial charge is 0.337 e. The minimum atomic E-state index is 0.154. The molecular weight excluding hydrogens is 304 g/mol. The summed E-state index contributed by atoms with van der Waals surface area (Å²) < 4.78 is 0.903. The number of rotatable bonds is 1. The van der Waals surface area contributed by atoms with Crippen molar-refractivity contribution in [2.75, 3.05) is 13.1 Å². The monoisotopic (exact) mass is 322 g/mol. The molecule has 1 aromatic carbocycles. The van der Waals surface area contributed by atoms with Crippen LogP contribution < -0.4 is 5.32 Å². The van der Waals surface area contributed by atoms with Gasteiger partial charge in [0.1, 0.15) is 0 Å². The van der Waals surface area contributed by atoms with Gasteiger partial charge in [0.15, 0.2) is 0 Å². The quantitative estimate of drug-likeness (QED) is 0.862. The molecule has 3 rings (SSSR count). The second-order valence-corrected chi connectivity index (χ2v) is 6.52. The number of likely N-dealkylation sites (tertiary alicyclic amines) is 1. The zero-order valence-electron chi connectivity index (χ0n) is 11.2. The zero-order valence-corrected chi connectivity index (χ0v) is 12.7. The second-order valence-electron chi connectivity index (χ2n) is 5.66.